The third-order valence-electron chi connectivity index (χ3n) is 9.21. The Labute approximate surface area is 309 Å². The molecule has 50 heavy (non-hydrogen) atoms. The number of hydrogen-bond donors (Lipinski definition) is 3. The lowest BCUT2D eigenvalue weighted by Gasteiger charge is -2.21. The van der Waals surface area contributed by atoms with Crippen molar-refractivity contribution in [3.8, 4) is 0 Å². The summed E-state index contributed by atoms with van der Waals surface area (Å²) >= 11 is 0. The van der Waals surface area contributed by atoms with E-state index in [1.807, 2.05) is 0 Å². The maximum Gasteiger partial charge on any atom is 0.267 e. The molecule has 2 unspecified atom stereocenters. The molecule has 7 heteroatoms. The van der Waals surface area contributed by atoms with Crippen molar-refractivity contribution in [3.05, 3.63) is 48.6 Å². The lowest BCUT2D eigenvalue weighted by molar-refractivity contribution is -0.122. The van der Waals surface area contributed by atoms with E-state index in [1.165, 1.54) is 122 Å². The van der Waals surface area contributed by atoms with E-state index in [4.69, 9.17) is 0 Å². The van der Waals surface area contributed by atoms with E-state index >= 15 is 0 Å². The maximum absolute atomic E-state index is 12.5. The molecule has 2 atom stereocenters. The fraction of sp³-hybridized carbons (Fsp3) is 0.791. The van der Waals surface area contributed by atoms with Crippen LogP contribution in [0.5, 0.6) is 0 Å². The van der Waals surface area contributed by atoms with Crippen molar-refractivity contribution in [1.29, 1.82) is 0 Å². The molecular formula is C43H79NO5S. The Morgan fingerprint density at radius 1 is 0.520 bits per heavy atom. The number of aliphatic hydroxyl groups excluding tert-OH is 1. The summed E-state index contributed by atoms with van der Waals surface area (Å²) in [6.07, 6.45) is 49.6. The van der Waals surface area contributed by atoms with E-state index in [9.17, 15) is 22.9 Å². The maximum atomic E-state index is 12.5. The summed E-state index contributed by atoms with van der Waals surface area (Å²) in [5, 5.41) is 13.2. The molecule has 0 heterocycles. The molecule has 0 saturated heterocycles. The Morgan fingerprint density at radius 3 is 1.26 bits per heavy atom. The van der Waals surface area contributed by atoms with Gasteiger partial charge in [0, 0.05) is 6.42 Å². The minimum Gasteiger partial charge on any atom is -0.387 e. The standard InChI is InChI=1S/C43H79NO5S/c1-3-5-7-9-11-13-15-17-19-20-21-22-23-25-26-28-30-32-34-36-38-42(45)41(40-50(47,48)49)44-43(46)39-37-35-33-31-29-27-24-18-16-14-12-10-8-6-4-2/h18,22-24,28,30,36,38,41-42,45H,3-17,19-21,25-27,29,31-35,37,39-40H2,1-2H3,(H,44,46)(H,47,48,49)/b23-22+,24-18-,30-28+,38-36+. The summed E-state index contributed by atoms with van der Waals surface area (Å²) in [7, 11) is -4.36. The highest BCUT2D eigenvalue weighted by Gasteiger charge is 2.24. The molecule has 3 N–H and O–H groups in total. The number of allylic oxidation sites excluding steroid dienone is 7. The number of unbranched alkanes of at least 4 members (excludes halogenated alkanes) is 23. The fourth-order valence-corrected chi connectivity index (χ4v) is 6.80. The first-order chi connectivity index (χ1) is 24.3. The molecule has 0 aliphatic carbocycles. The van der Waals surface area contributed by atoms with Crippen molar-refractivity contribution in [2.45, 2.75) is 212 Å². The number of carbonyl (C=O) groups excluding carboxylic acids is 1. The first-order valence-corrected chi connectivity index (χ1v) is 22.4. The van der Waals surface area contributed by atoms with Crippen LogP contribution in [0.25, 0.3) is 0 Å². The Morgan fingerprint density at radius 2 is 0.860 bits per heavy atom. The van der Waals surface area contributed by atoms with Gasteiger partial charge < -0.3 is 10.4 Å². The number of rotatable bonds is 37. The molecule has 1 amide bonds. The number of carbonyl (C=O) groups is 1. The van der Waals surface area contributed by atoms with Gasteiger partial charge in [0.15, 0.2) is 0 Å². The third kappa shape index (κ3) is 37.6. The lowest BCUT2D eigenvalue weighted by atomic mass is 10.1. The van der Waals surface area contributed by atoms with Crippen molar-refractivity contribution in [2.24, 2.45) is 0 Å². The minimum absolute atomic E-state index is 0.274. The molecule has 0 saturated carbocycles. The van der Waals surface area contributed by atoms with Gasteiger partial charge in [-0.25, -0.2) is 0 Å². The average molecular weight is 722 g/mol. The molecule has 0 aromatic rings. The summed E-state index contributed by atoms with van der Waals surface area (Å²) in [6.45, 7) is 4.51. The van der Waals surface area contributed by atoms with Crippen LogP contribution in [0.15, 0.2) is 48.6 Å². The van der Waals surface area contributed by atoms with Gasteiger partial charge in [-0.15, -0.1) is 0 Å². The van der Waals surface area contributed by atoms with Crippen LogP contribution in [-0.2, 0) is 14.9 Å². The van der Waals surface area contributed by atoms with Gasteiger partial charge in [0.05, 0.1) is 17.9 Å². The molecule has 0 spiro atoms. The Hall–Kier alpha value is -1.70. The van der Waals surface area contributed by atoms with Crippen LogP contribution in [0.1, 0.15) is 200 Å². The summed E-state index contributed by atoms with van der Waals surface area (Å²) in [4.78, 5) is 12.5. The number of aliphatic hydroxyl groups is 1. The Bertz CT molecular complexity index is 972. The molecule has 0 bridgehead atoms. The first kappa shape index (κ1) is 48.3. The lowest BCUT2D eigenvalue weighted by Crippen LogP contribution is -2.46. The highest BCUT2D eigenvalue weighted by atomic mass is 32.2. The van der Waals surface area contributed by atoms with Crippen LogP contribution in [0.3, 0.4) is 0 Å². The highest BCUT2D eigenvalue weighted by molar-refractivity contribution is 7.85. The second-order valence-corrected chi connectivity index (χ2v) is 15.7. The third-order valence-corrected chi connectivity index (χ3v) is 9.99. The van der Waals surface area contributed by atoms with Crippen molar-refractivity contribution < 1.29 is 22.9 Å². The molecule has 0 aromatic heterocycles. The van der Waals surface area contributed by atoms with Gasteiger partial charge in [-0.05, 0) is 70.6 Å². The van der Waals surface area contributed by atoms with Gasteiger partial charge in [0.2, 0.25) is 5.91 Å². The van der Waals surface area contributed by atoms with Crippen molar-refractivity contribution >= 4 is 16.0 Å². The van der Waals surface area contributed by atoms with Gasteiger partial charge in [-0.1, -0.05) is 172 Å². The van der Waals surface area contributed by atoms with E-state index in [1.54, 1.807) is 6.08 Å². The molecule has 0 aromatic carbocycles. The van der Waals surface area contributed by atoms with Crippen LogP contribution in [0.2, 0.25) is 0 Å². The van der Waals surface area contributed by atoms with Gasteiger partial charge in [0.1, 0.15) is 0 Å². The van der Waals surface area contributed by atoms with Gasteiger partial charge in [-0.2, -0.15) is 8.42 Å². The zero-order chi connectivity index (χ0) is 36.8. The molecule has 6 nitrogen and oxygen atoms in total. The predicted molar refractivity (Wildman–Crippen MR) is 216 cm³/mol. The van der Waals surface area contributed by atoms with Crippen LogP contribution < -0.4 is 5.32 Å². The van der Waals surface area contributed by atoms with E-state index in [0.29, 0.717) is 12.8 Å². The smallest absolute Gasteiger partial charge is 0.267 e. The van der Waals surface area contributed by atoms with Gasteiger partial charge in [-0.3, -0.25) is 9.35 Å². The zero-order valence-electron chi connectivity index (χ0n) is 32.5. The quantitative estimate of drug-likeness (QED) is 0.0336. The molecule has 0 fully saturated rings. The van der Waals surface area contributed by atoms with Crippen molar-refractivity contribution in [1.82, 2.24) is 5.32 Å². The van der Waals surface area contributed by atoms with Crippen LogP contribution in [-0.4, -0.2) is 41.9 Å². The molecular weight excluding hydrogens is 643 g/mol. The van der Waals surface area contributed by atoms with Gasteiger partial charge in [0.25, 0.3) is 10.1 Å². The fourth-order valence-electron chi connectivity index (χ4n) is 6.06. The molecule has 292 valence electrons. The summed E-state index contributed by atoms with van der Waals surface area (Å²) in [6, 6.07) is -1.08. The molecule has 0 radical (unpaired) electrons. The summed E-state index contributed by atoms with van der Waals surface area (Å²) in [5.74, 6) is -1.02. The number of amides is 1. The van der Waals surface area contributed by atoms with E-state index in [0.717, 1.165) is 51.4 Å². The predicted octanol–water partition coefficient (Wildman–Crippen LogP) is 12.3. The van der Waals surface area contributed by atoms with Crippen molar-refractivity contribution in [3.63, 3.8) is 0 Å². The van der Waals surface area contributed by atoms with Crippen LogP contribution in [0, 0.1) is 0 Å². The topological polar surface area (TPSA) is 104 Å². The van der Waals surface area contributed by atoms with Gasteiger partial charge >= 0.3 is 0 Å². The first-order valence-electron chi connectivity index (χ1n) is 20.8. The van der Waals surface area contributed by atoms with Crippen LogP contribution >= 0.6 is 0 Å². The van der Waals surface area contributed by atoms with E-state index in [-0.39, 0.29) is 12.3 Å². The average Bonchev–Trinajstić information content (AvgIpc) is 3.08. The molecule has 0 aliphatic heterocycles. The second kappa shape index (κ2) is 37.1. The SMILES string of the molecule is CCCCCCCC/C=C\CCCCCCCC(=O)NC(CS(=O)(=O)O)C(O)/C=C/CC/C=C/CC/C=C/CCCCCCCCCCCC. The van der Waals surface area contributed by atoms with Crippen molar-refractivity contribution in [2.75, 3.05) is 5.75 Å². The summed E-state index contributed by atoms with van der Waals surface area (Å²) < 4.78 is 32.5. The number of nitrogens with one attached hydrogen (secondary N) is 1. The highest BCUT2D eigenvalue weighted by Crippen LogP contribution is 2.13. The normalized spacial score (nSPS) is 13.8. The van der Waals surface area contributed by atoms with E-state index < -0.39 is 28.0 Å². The number of hydrogen-bond acceptors (Lipinski definition) is 4. The monoisotopic (exact) mass is 722 g/mol. The molecule has 0 rings (SSSR count). The largest absolute Gasteiger partial charge is 0.387 e. The second-order valence-electron chi connectivity index (χ2n) is 14.2. The van der Waals surface area contributed by atoms with Crippen LogP contribution in [0.4, 0.5) is 0 Å². The molecule has 0 aliphatic rings. The van der Waals surface area contributed by atoms with E-state index in [2.05, 4.69) is 55.6 Å². The Kier molecular flexibility index (Phi) is 35.8. The Balaban J connectivity index is 4.01. The zero-order valence-corrected chi connectivity index (χ0v) is 33.3. The summed E-state index contributed by atoms with van der Waals surface area (Å²) in [5.41, 5.74) is 0. The minimum atomic E-state index is -4.36.